The molecule has 1 aliphatic rings. The third-order valence-electron chi connectivity index (χ3n) is 7.12. The van der Waals surface area contributed by atoms with E-state index in [1.54, 1.807) is 11.0 Å². The molecule has 2 aromatic heterocycles. The summed E-state index contributed by atoms with van der Waals surface area (Å²) in [5, 5.41) is 6.11. The number of halogens is 1. The van der Waals surface area contributed by atoms with Crippen LogP contribution < -0.4 is 5.73 Å². The van der Waals surface area contributed by atoms with Crippen LogP contribution in [0.15, 0.2) is 61.4 Å². The molecule has 38 heavy (non-hydrogen) atoms. The van der Waals surface area contributed by atoms with Crippen molar-refractivity contribution in [1.82, 2.24) is 24.6 Å². The summed E-state index contributed by atoms with van der Waals surface area (Å²) in [5.41, 5.74) is 11.0. The van der Waals surface area contributed by atoms with E-state index >= 15 is 0 Å². The largest absolute Gasteiger partial charge is 0.383 e. The number of piperidine rings is 1. The molecule has 1 saturated heterocycles. The van der Waals surface area contributed by atoms with Crippen LogP contribution in [-0.4, -0.2) is 49.4 Å². The normalized spacial score (nSPS) is 15.5. The second kappa shape index (κ2) is 10.8. The van der Waals surface area contributed by atoms with Gasteiger partial charge < -0.3 is 10.6 Å². The molecule has 0 saturated carbocycles. The molecule has 0 unspecified atom stereocenters. The predicted octanol–water partition coefficient (Wildman–Crippen LogP) is 5.20. The Morgan fingerprint density at radius 1 is 1.18 bits per heavy atom. The van der Waals surface area contributed by atoms with Crippen LogP contribution in [0.2, 0.25) is 5.02 Å². The molecule has 8 nitrogen and oxygen atoms in total. The molecular weight excluding hydrogens is 500 g/mol. The molecule has 2 N–H and O–H groups in total. The average molecular weight is 529 g/mol. The lowest BCUT2D eigenvalue weighted by atomic mass is 9.98. The van der Waals surface area contributed by atoms with Crippen molar-refractivity contribution in [3.05, 3.63) is 83.2 Å². The molecule has 4 aromatic rings. The molecule has 1 atom stereocenters. The average Bonchev–Trinajstić information content (AvgIpc) is 3.33. The maximum Gasteiger partial charge on any atom is 0.246 e. The van der Waals surface area contributed by atoms with E-state index in [0.29, 0.717) is 59.1 Å². The van der Waals surface area contributed by atoms with Crippen molar-refractivity contribution in [2.75, 3.05) is 18.8 Å². The third kappa shape index (κ3) is 4.91. The minimum Gasteiger partial charge on any atom is -0.383 e. The number of rotatable bonds is 7. The Bertz CT molecular complexity index is 1510. The highest BCUT2D eigenvalue weighted by Gasteiger charge is 2.28. The maximum absolute atomic E-state index is 12.8. The Morgan fingerprint density at radius 3 is 2.71 bits per heavy atom. The van der Waals surface area contributed by atoms with E-state index in [-0.39, 0.29) is 17.7 Å². The zero-order valence-corrected chi connectivity index (χ0v) is 22.0. The maximum atomic E-state index is 12.8. The van der Waals surface area contributed by atoms with Gasteiger partial charge in [0, 0.05) is 30.6 Å². The molecule has 0 bridgehead atoms. The summed E-state index contributed by atoms with van der Waals surface area (Å²) in [5.74, 6) is 0.304. The fourth-order valence-corrected chi connectivity index (χ4v) is 5.46. The van der Waals surface area contributed by atoms with E-state index < -0.39 is 0 Å². The Morgan fingerprint density at radius 2 is 1.97 bits per heavy atom. The standard InChI is InChI=1S/C29H29ClN6O2/c1-3-24(38)35-15-5-7-21(16-35)36-29-26(28(31)32-17-33-29)27(34-36)20-12-9-19(10-13-20)11-14-23(37)25-18(2)6-4-8-22(25)30/h3-4,6,8-10,12-13,17,21H,1,5,7,11,14-16H2,2H3,(H2,31,32,33)/t21-/m1/s1. The highest BCUT2D eigenvalue weighted by molar-refractivity contribution is 6.34. The number of carbonyl (C=O) groups excluding carboxylic acids is 2. The molecule has 3 heterocycles. The van der Waals surface area contributed by atoms with Gasteiger partial charge in [0.1, 0.15) is 17.8 Å². The first-order chi connectivity index (χ1) is 18.4. The zero-order chi connectivity index (χ0) is 26.8. The van der Waals surface area contributed by atoms with Crippen LogP contribution in [0.4, 0.5) is 5.82 Å². The number of ketones is 1. The summed E-state index contributed by atoms with van der Waals surface area (Å²) < 4.78 is 1.88. The fourth-order valence-electron chi connectivity index (χ4n) is 5.13. The lowest BCUT2D eigenvalue weighted by Gasteiger charge is -2.32. The number of nitrogen functional groups attached to an aromatic ring is 1. The molecule has 0 spiro atoms. The number of aryl methyl sites for hydroxylation is 2. The second-order valence-corrected chi connectivity index (χ2v) is 9.99. The molecule has 2 aromatic carbocycles. The number of hydrogen-bond acceptors (Lipinski definition) is 6. The Balaban J connectivity index is 1.40. The molecule has 194 valence electrons. The number of likely N-dealkylation sites (tertiary alicyclic amines) is 1. The number of fused-ring (bicyclic) bond motifs is 1. The number of carbonyl (C=O) groups is 2. The number of Topliss-reactive ketones (excluding diaryl/α,β-unsaturated/α-hetero) is 1. The van der Waals surface area contributed by atoms with Gasteiger partial charge in [-0.25, -0.2) is 14.6 Å². The van der Waals surface area contributed by atoms with Crippen LogP contribution in [0, 0.1) is 6.92 Å². The van der Waals surface area contributed by atoms with Gasteiger partial charge >= 0.3 is 0 Å². The van der Waals surface area contributed by atoms with Gasteiger partial charge in [-0.2, -0.15) is 5.10 Å². The highest BCUT2D eigenvalue weighted by atomic mass is 35.5. The fraction of sp³-hybridized carbons (Fsp3) is 0.276. The predicted molar refractivity (Wildman–Crippen MR) is 149 cm³/mol. The zero-order valence-electron chi connectivity index (χ0n) is 21.2. The van der Waals surface area contributed by atoms with E-state index in [9.17, 15) is 9.59 Å². The van der Waals surface area contributed by atoms with E-state index in [2.05, 4.69) is 16.5 Å². The first-order valence-electron chi connectivity index (χ1n) is 12.6. The molecule has 0 radical (unpaired) electrons. The number of anilines is 1. The van der Waals surface area contributed by atoms with Gasteiger partial charge in [0.2, 0.25) is 5.91 Å². The summed E-state index contributed by atoms with van der Waals surface area (Å²) in [6, 6.07) is 13.4. The Hall–Kier alpha value is -4.04. The quantitative estimate of drug-likeness (QED) is 0.261. The van der Waals surface area contributed by atoms with Crippen molar-refractivity contribution in [3.63, 3.8) is 0 Å². The van der Waals surface area contributed by atoms with Crippen LogP contribution in [-0.2, 0) is 11.2 Å². The van der Waals surface area contributed by atoms with E-state index in [0.717, 1.165) is 29.5 Å². The lowest BCUT2D eigenvalue weighted by Crippen LogP contribution is -2.40. The minimum atomic E-state index is -0.0840. The summed E-state index contributed by atoms with van der Waals surface area (Å²) in [6.07, 6.45) is 5.49. The number of hydrogen-bond donors (Lipinski definition) is 1. The topological polar surface area (TPSA) is 107 Å². The van der Waals surface area contributed by atoms with Crippen LogP contribution in [0.25, 0.3) is 22.3 Å². The van der Waals surface area contributed by atoms with Crippen molar-refractivity contribution in [3.8, 4) is 11.3 Å². The number of benzene rings is 2. The Labute approximate surface area is 226 Å². The highest BCUT2D eigenvalue weighted by Crippen LogP contribution is 2.34. The van der Waals surface area contributed by atoms with Crippen molar-refractivity contribution in [2.24, 2.45) is 0 Å². The number of nitrogens with two attached hydrogens (primary N) is 1. The van der Waals surface area contributed by atoms with Crippen molar-refractivity contribution >= 4 is 40.1 Å². The minimum absolute atomic E-state index is 0.0308. The van der Waals surface area contributed by atoms with Crippen LogP contribution in [0.5, 0.6) is 0 Å². The first-order valence-corrected chi connectivity index (χ1v) is 13.0. The van der Waals surface area contributed by atoms with Crippen LogP contribution in [0.1, 0.15) is 46.8 Å². The molecule has 1 aliphatic heterocycles. The third-order valence-corrected chi connectivity index (χ3v) is 7.43. The molecule has 0 aliphatic carbocycles. The van der Waals surface area contributed by atoms with Gasteiger partial charge in [-0.05, 0) is 49.5 Å². The van der Waals surface area contributed by atoms with Gasteiger partial charge in [0.05, 0.1) is 16.5 Å². The van der Waals surface area contributed by atoms with Gasteiger partial charge in [-0.15, -0.1) is 0 Å². The summed E-state index contributed by atoms with van der Waals surface area (Å²) >= 11 is 6.27. The molecule has 1 fully saturated rings. The van der Waals surface area contributed by atoms with E-state index in [1.807, 2.05) is 48.0 Å². The number of amides is 1. The molecular formula is C29H29ClN6O2. The first kappa shape index (κ1) is 25.6. The monoisotopic (exact) mass is 528 g/mol. The summed E-state index contributed by atoms with van der Waals surface area (Å²) in [4.78, 5) is 35.5. The number of nitrogens with zero attached hydrogens (tertiary/aromatic N) is 5. The van der Waals surface area contributed by atoms with Gasteiger partial charge in [-0.1, -0.05) is 54.6 Å². The summed E-state index contributed by atoms with van der Waals surface area (Å²) in [7, 11) is 0. The Kier molecular flexibility index (Phi) is 7.24. The van der Waals surface area contributed by atoms with Crippen molar-refractivity contribution < 1.29 is 9.59 Å². The van der Waals surface area contributed by atoms with Crippen LogP contribution in [0.3, 0.4) is 0 Å². The van der Waals surface area contributed by atoms with Crippen LogP contribution >= 0.6 is 11.6 Å². The van der Waals surface area contributed by atoms with E-state index in [1.165, 1.54) is 12.4 Å². The van der Waals surface area contributed by atoms with Gasteiger partial charge in [0.25, 0.3) is 0 Å². The second-order valence-electron chi connectivity index (χ2n) is 9.59. The van der Waals surface area contributed by atoms with Gasteiger partial charge in [0.15, 0.2) is 11.4 Å². The summed E-state index contributed by atoms with van der Waals surface area (Å²) in [6.45, 7) is 6.74. The van der Waals surface area contributed by atoms with Crippen molar-refractivity contribution in [1.29, 1.82) is 0 Å². The van der Waals surface area contributed by atoms with Gasteiger partial charge in [-0.3, -0.25) is 9.59 Å². The number of aromatic nitrogens is 4. The van der Waals surface area contributed by atoms with E-state index in [4.69, 9.17) is 22.4 Å². The molecule has 1 amide bonds. The lowest BCUT2D eigenvalue weighted by molar-refractivity contribution is -0.127. The smallest absolute Gasteiger partial charge is 0.246 e. The molecule has 9 heteroatoms. The SMILES string of the molecule is C=CC(=O)N1CCC[C@@H](n2nc(-c3ccc(CCC(=O)c4c(C)cccc4Cl)cc3)c3c(N)ncnc32)C1. The molecule has 5 rings (SSSR count). The van der Waals surface area contributed by atoms with Crippen molar-refractivity contribution in [2.45, 2.75) is 38.6 Å².